The quantitative estimate of drug-likeness (QED) is 0.385. The van der Waals surface area contributed by atoms with Gasteiger partial charge < -0.3 is 4.74 Å². The van der Waals surface area contributed by atoms with Crippen LogP contribution in [0, 0.1) is 17.3 Å². The van der Waals surface area contributed by atoms with Crippen LogP contribution in [0.25, 0.3) is 0 Å². The second kappa shape index (κ2) is 6.73. The van der Waals surface area contributed by atoms with Crippen molar-refractivity contribution in [3.63, 3.8) is 0 Å². The highest BCUT2D eigenvalue weighted by Gasteiger charge is 2.73. The van der Waals surface area contributed by atoms with E-state index >= 15 is 0 Å². The van der Waals surface area contributed by atoms with E-state index in [9.17, 15) is 9.59 Å². The first kappa shape index (κ1) is 15.5. The number of ether oxygens (including phenoxy) is 1. The summed E-state index contributed by atoms with van der Waals surface area (Å²) < 4.78 is 4.98. The Hall–Kier alpha value is -0.860. The molecule has 0 radical (unpaired) electrons. The summed E-state index contributed by atoms with van der Waals surface area (Å²) in [4.78, 5) is 24.8. The largest absolute Gasteiger partial charge is 0.468 e. The maximum atomic E-state index is 12.6. The predicted molar refractivity (Wildman–Crippen MR) is 78.3 cm³/mol. The number of unbranched alkanes of at least 4 members (excludes halogenated alkanes) is 4. The van der Waals surface area contributed by atoms with Gasteiger partial charge in [-0.15, -0.1) is 0 Å². The van der Waals surface area contributed by atoms with Gasteiger partial charge in [0.1, 0.15) is 5.41 Å². The molecule has 0 aliphatic heterocycles. The molecule has 3 nitrogen and oxygen atoms in total. The molecule has 114 valence electrons. The normalized spacial score (nSPS) is 31.5. The van der Waals surface area contributed by atoms with E-state index in [2.05, 4.69) is 6.92 Å². The molecule has 2 saturated carbocycles. The van der Waals surface area contributed by atoms with Crippen LogP contribution in [0.5, 0.6) is 0 Å². The van der Waals surface area contributed by atoms with Gasteiger partial charge in [0.25, 0.3) is 0 Å². The molecule has 2 aliphatic rings. The first-order valence-corrected chi connectivity index (χ1v) is 8.31. The second-order valence-corrected chi connectivity index (χ2v) is 6.45. The Morgan fingerprint density at radius 3 is 2.20 bits per heavy atom. The molecule has 0 aromatic carbocycles. The number of methoxy groups -OCH3 is 1. The van der Waals surface area contributed by atoms with Crippen molar-refractivity contribution in [2.24, 2.45) is 17.3 Å². The Labute approximate surface area is 122 Å². The molecule has 0 aromatic heterocycles. The number of carbonyl (C=O) groups is 2. The van der Waals surface area contributed by atoms with Crippen LogP contribution in [0.1, 0.15) is 71.1 Å². The zero-order valence-corrected chi connectivity index (χ0v) is 13.0. The third-order valence-electron chi connectivity index (χ3n) is 5.32. The van der Waals surface area contributed by atoms with Crippen molar-refractivity contribution < 1.29 is 14.3 Å². The first-order valence-electron chi connectivity index (χ1n) is 8.31. The number of hydrogen-bond donors (Lipinski definition) is 0. The summed E-state index contributed by atoms with van der Waals surface area (Å²) in [7, 11) is 1.42. The number of rotatable bonds is 8. The number of Topliss-reactive ketones (excluding diaryl/α,β-unsaturated/α-hetero) is 1. The highest BCUT2D eigenvalue weighted by atomic mass is 16.5. The monoisotopic (exact) mass is 280 g/mol. The second-order valence-electron chi connectivity index (χ2n) is 6.45. The van der Waals surface area contributed by atoms with E-state index < -0.39 is 5.41 Å². The topological polar surface area (TPSA) is 43.4 Å². The zero-order chi connectivity index (χ0) is 14.6. The van der Waals surface area contributed by atoms with E-state index in [1.54, 1.807) is 0 Å². The molecule has 2 aliphatic carbocycles. The molecule has 0 bridgehead atoms. The van der Waals surface area contributed by atoms with E-state index in [1.165, 1.54) is 26.4 Å². The molecule has 3 atom stereocenters. The van der Waals surface area contributed by atoms with Crippen molar-refractivity contribution >= 4 is 11.8 Å². The average molecular weight is 280 g/mol. The molecule has 3 heteroatoms. The minimum absolute atomic E-state index is 0.165. The van der Waals surface area contributed by atoms with E-state index in [0.29, 0.717) is 6.42 Å². The van der Waals surface area contributed by atoms with Gasteiger partial charge in [-0.1, -0.05) is 45.4 Å². The molecule has 2 rings (SSSR count). The lowest BCUT2D eigenvalue weighted by Crippen LogP contribution is -2.30. The third kappa shape index (κ3) is 2.64. The van der Waals surface area contributed by atoms with Gasteiger partial charge in [-0.05, 0) is 31.1 Å². The van der Waals surface area contributed by atoms with E-state index in [-0.39, 0.29) is 23.6 Å². The summed E-state index contributed by atoms with van der Waals surface area (Å²) in [6.45, 7) is 2.19. The predicted octanol–water partition coefficient (Wildman–Crippen LogP) is 3.90. The number of esters is 1. The van der Waals surface area contributed by atoms with Crippen LogP contribution in [0.15, 0.2) is 0 Å². The zero-order valence-electron chi connectivity index (χ0n) is 13.0. The van der Waals surface area contributed by atoms with Crippen LogP contribution in [-0.4, -0.2) is 18.9 Å². The van der Waals surface area contributed by atoms with Gasteiger partial charge in [0.2, 0.25) is 0 Å². The molecule has 20 heavy (non-hydrogen) atoms. The van der Waals surface area contributed by atoms with Crippen molar-refractivity contribution in [2.45, 2.75) is 71.1 Å². The molecule has 0 saturated heterocycles. The van der Waals surface area contributed by atoms with Gasteiger partial charge in [0, 0.05) is 6.42 Å². The Morgan fingerprint density at radius 2 is 1.65 bits per heavy atom. The molecule has 0 heterocycles. The van der Waals surface area contributed by atoms with Crippen LogP contribution >= 0.6 is 0 Å². The average Bonchev–Trinajstić information content (AvgIpc) is 3.16. The lowest BCUT2D eigenvalue weighted by molar-refractivity contribution is -0.153. The van der Waals surface area contributed by atoms with Crippen LogP contribution in [-0.2, 0) is 14.3 Å². The number of ketones is 1. The van der Waals surface area contributed by atoms with Crippen molar-refractivity contribution in [3.05, 3.63) is 0 Å². The van der Waals surface area contributed by atoms with Crippen LogP contribution in [0.2, 0.25) is 0 Å². The number of carbonyl (C=O) groups excluding carboxylic acids is 2. The molecule has 0 N–H and O–H groups in total. The molecule has 2 fully saturated rings. The molecule has 0 spiro atoms. The maximum absolute atomic E-state index is 12.6. The molecule has 0 amide bonds. The van der Waals surface area contributed by atoms with E-state index in [0.717, 1.165) is 38.5 Å². The van der Waals surface area contributed by atoms with Gasteiger partial charge in [-0.25, -0.2) is 0 Å². The summed E-state index contributed by atoms with van der Waals surface area (Å²) in [5.74, 6) is 0.476. The van der Waals surface area contributed by atoms with Crippen molar-refractivity contribution in [2.75, 3.05) is 7.11 Å². The van der Waals surface area contributed by atoms with Crippen molar-refractivity contribution in [3.8, 4) is 0 Å². The van der Waals surface area contributed by atoms with Gasteiger partial charge in [-0.3, -0.25) is 9.59 Å². The molecule has 0 aromatic rings. The fourth-order valence-electron chi connectivity index (χ4n) is 4.22. The highest BCUT2D eigenvalue weighted by Crippen LogP contribution is 2.66. The van der Waals surface area contributed by atoms with Crippen LogP contribution in [0.3, 0.4) is 0 Å². The standard InChI is InChI=1S/C17H28O3/c1-3-4-5-6-7-12-15(18)17(16(19)20-2)13-10-8-9-11-14(13)17/h13-14H,3-12H2,1-2H3/t13-,14+,17?. The Kier molecular flexibility index (Phi) is 5.22. The minimum Gasteiger partial charge on any atom is -0.468 e. The molecular formula is C17H28O3. The maximum Gasteiger partial charge on any atom is 0.319 e. The fourth-order valence-corrected chi connectivity index (χ4v) is 4.22. The van der Waals surface area contributed by atoms with Gasteiger partial charge in [-0.2, -0.15) is 0 Å². The first-order chi connectivity index (χ1) is 9.69. The summed E-state index contributed by atoms with van der Waals surface area (Å²) in [6, 6.07) is 0. The minimum atomic E-state index is -0.740. The van der Waals surface area contributed by atoms with Crippen LogP contribution in [0.4, 0.5) is 0 Å². The highest BCUT2D eigenvalue weighted by molar-refractivity contribution is 6.08. The lowest BCUT2D eigenvalue weighted by atomic mass is 9.91. The SMILES string of the molecule is CCCCCCCC(=O)C1(C(=O)OC)[C@@H]2CCCC[C@@H]21. The summed E-state index contributed by atoms with van der Waals surface area (Å²) in [5, 5.41) is 0. The van der Waals surface area contributed by atoms with Gasteiger partial charge in [0.05, 0.1) is 7.11 Å². The van der Waals surface area contributed by atoms with Gasteiger partial charge >= 0.3 is 5.97 Å². The van der Waals surface area contributed by atoms with Crippen molar-refractivity contribution in [1.29, 1.82) is 0 Å². The van der Waals surface area contributed by atoms with Crippen molar-refractivity contribution in [1.82, 2.24) is 0 Å². The summed E-state index contributed by atoms with van der Waals surface area (Å²) in [6.07, 6.45) is 10.6. The summed E-state index contributed by atoms with van der Waals surface area (Å²) in [5.41, 5.74) is -0.740. The fraction of sp³-hybridized carbons (Fsp3) is 0.882. The molecular weight excluding hydrogens is 252 g/mol. The third-order valence-corrected chi connectivity index (χ3v) is 5.32. The molecule has 1 unspecified atom stereocenters. The lowest BCUT2D eigenvalue weighted by Gasteiger charge is -2.14. The Bertz CT molecular complexity index is 349. The van der Waals surface area contributed by atoms with E-state index in [4.69, 9.17) is 4.74 Å². The van der Waals surface area contributed by atoms with Crippen LogP contribution < -0.4 is 0 Å². The Balaban J connectivity index is 1.92. The summed E-state index contributed by atoms with van der Waals surface area (Å²) >= 11 is 0. The number of fused-ring (bicyclic) bond motifs is 1. The Morgan fingerprint density at radius 1 is 1.05 bits per heavy atom. The number of hydrogen-bond acceptors (Lipinski definition) is 3. The smallest absolute Gasteiger partial charge is 0.319 e. The van der Waals surface area contributed by atoms with Gasteiger partial charge in [0.15, 0.2) is 5.78 Å². The van der Waals surface area contributed by atoms with E-state index in [1.807, 2.05) is 0 Å².